The molecule has 0 aromatic carbocycles. The van der Waals surface area contributed by atoms with Gasteiger partial charge in [-0.3, -0.25) is 9.78 Å². The van der Waals surface area contributed by atoms with E-state index in [0.717, 1.165) is 57.7 Å². The lowest BCUT2D eigenvalue weighted by molar-refractivity contribution is -0.169. The fourth-order valence-corrected chi connectivity index (χ4v) is 5.42. The highest BCUT2D eigenvalue weighted by Gasteiger charge is 2.53. The summed E-state index contributed by atoms with van der Waals surface area (Å²) < 4.78 is 6.23. The minimum atomic E-state index is -0.514. The topological polar surface area (TPSA) is 101 Å². The number of carbonyl (C=O) groups excluding carboxylic acids is 2. The standard InChI is InChI=1S/C20H29N5O3.ClH/c1-28-20(14-5-6-22-17(11-14)18(21)26)15-3-2-4-16(20)13-24(12-15)9-10-25-8-7-23-19(25)27;/h5-6,11,15-16H,2-4,7-10,12-13H2,1H3,(H2,21,26)(H,23,27);1H/t15-,16+,20?;. The Morgan fingerprint density at radius 3 is 2.66 bits per heavy atom. The summed E-state index contributed by atoms with van der Waals surface area (Å²) in [4.78, 5) is 31.9. The molecule has 3 aliphatic rings. The Labute approximate surface area is 177 Å². The van der Waals surface area contributed by atoms with Crippen molar-refractivity contribution in [3.8, 4) is 0 Å². The number of nitrogens with one attached hydrogen (secondary N) is 1. The fraction of sp³-hybridized carbons (Fsp3) is 0.650. The molecule has 0 spiro atoms. The van der Waals surface area contributed by atoms with Crippen LogP contribution in [0.15, 0.2) is 18.3 Å². The molecule has 9 heteroatoms. The zero-order chi connectivity index (χ0) is 19.7. The first-order valence-corrected chi connectivity index (χ1v) is 10.1. The van der Waals surface area contributed by atoms with Gasteiger partial charge in [-0.25, -0.2) is 4.79 Å². The number of halogens is 1. The van der Waals surface area contributed by atoms with Crippen molar-refractivity contribution in [2.45, 2.75) is 24.9 Å². The maximum atomic E-state index is 11.8. The number of methoxy groups -OCH3 is 1. The van der Waals surface area contributed by atoms with Gasteiger partial charge in [0.1, 0.15) is 11.3 Å². The number of carbonyl (C=O) groups is 2. The Balaban J connectivity index is 0.00000240. The molecule has 2 bridgehead atoms. The average Bonchev–Trinajstić information content (AvgIpc) is 3.10. The number of rotatable bonds is 6. The maximum absolute atomic E-state index is 11.8. The lowest BCUT2D eigenvalue weighted by Gasteiger charge is -2.55. The number of nitrogens with two attached hydrogens (primary N) is 1. The Morgan fingerprint density at radius 2 is 2.07 bits per heavy atom. The second-order valence-corrected chi connectivity index (χ2v) is 8.09. The van der Waals surface area contributed by atoms with E-state index in [4.69, 9.17) is 10.5 Å². The van der Waals surface area contributed by atoms with Crippen molar-refractivity contribution in [1.82, 2.24) is 20.1 Å². The highest BCUT2D eigenvalue weighted by Crippen LogP contribution is 2.51. The van der Waals surface area contributed by atoms with Crippen molar-refractivity contribution in [3.05, 3.63) is 29.6 Å². The highest BCUT2D eigenvalue weighted by molar-refractivity contribution is 5.90. The number of piperidine rings is 1. The van der Waals surface area contributed by atoms with E-state index in [1.807, 2.05) is 11.0 Å². The Kier molecular flexibility index (Phi) is 6.65. The van der Waals surface area contributed by atoms with Gasteiger partial charge in [0, 0.05) is 64.4 Å². The normalized spacial score (nSPS) is 29.3. The summed E-state index contributed by atoms with van der Waals surface area (Å²) in [6.45, 7) is 5.01. The Bertz CT molecular complexity index is 747. The van der Waals surface area contributed by atoms with Gasteiger partial charge in [0.2, 0.25) is 0 Å². The van der Waals surface area contributed by atoms with E-state index in [0.29, 0.717) is 11.8 Å². The minimum Gasteiger partial charge on any atom is -0.373 e. The van der Waals surface area contributed by atoms with Crippen LogP contribution in [-0.4, -0.2) is 73.1 Å². The number of aromatic nitrogens is 1. The largest absolute Gasteiger partial charge is 0.373 e. The van der Waals surface area contributed by atoms with E-state index in [-0.39, 0.29) is 24.1 Å². The van der Waals surface area contributed by atoms with Gasteiger partial charge in [-0.2, -0.15) is 0 Å². The molecule has 1 aromatic heterocycles. The molecule has 3 N–H and O–H groups in total. The number of pyridine rings is 1. The third-order valence-electron chi connectivity index (χ3n) is 6.71. The number of urea groups is 1. The van der Waals surface area contributed by atoms with Crippen molar-refractivity contribution in [2.75, 3.05) is 46.4 Å². The summed E-state index contributed by atoms with van der Waals surface area (Å²) >= 11 is 0. The summed E-state index contributed by atoms with van der Waals surface area (Å²) in [6.07, 6.45) is 5.01. The fourth-order valence-electron chi connectivity index (χ4n) is 5.42. The first-order valence-electron chi connectivity index (χ1n) is 10.1. The number of fused-ring (bicyclic) bond motifs is 2. The van der Waals surface area contributed by atoms with Gasteiger partial charge >= 0.3 is 6.03 Å². The summed E-state index contributed by atoms with van der Waals surface area (Å²) in [5.74, 6) is 0.153. The average molecular weight is 424 g/mol. The van der Waals surface area contributed by atoms with Gasteiger partial charge in [0.15, 0.2) is 0 Å². The number of hydrogen-bond donors (Lipinski definition) is 2. The van der Waals surface area contributed by atoms with Crippen LogP contribution in [0.5, 0.6) is 0 Å². The predicted molar refractivity (Wildman–Crippen MR) is 111 cm³/mol. The first kappa shape index (κ1) is 21.8. The second-order valence-electron chi connectivity index (χ2n) is 8.09. The van der Waals surface area contributed by atoms with Crippen LogP contribution in [0.25, 0.3) is 0 Å². The van der Waals surface area contributed by atoms with E-state index in [9.17, 15) is 9.59 Å². The van der Waals surface area contributed by atoms with Crippen LogP contribution in [0.2, 0.25) is 0 Å². The molecule has 29 heavy (non-hydrogen) atoms. The van der Waals surface area contributed by atoms with Crippen LogP contribution in [0, 0.1) is 11.8 Å². The monoisotopic (exact) mass is 423 g/mol. The van der Waals surface area contributed by atoms with Crippen LogP contribution in [-0.2, 0) is 10.3 Å². The van der Waals surface area contributed by atoms with Crippen LogP contribution in [0.3, 0.4) is 0 Å². The second kappa shape index (κ2) is 8.85. The molecular weight excluding hydrogens is 394 g/mol. The van der Waals surface area contributed by atoms with Crippen LogP contribution >= 0.6 is 12.4 Å². The molecule has 1 aromatic rings. The zero-order valence-electron chi connectivity index (χ0n) is 16.8. The number of primary amides is 1. The molecule has 3 heterocycles. The molecule has 160 valence electrons. The molecule has 1 saturated carbocycles. The zero-order valence-corrected chi connectivity index (χ0v) is 17.6. The van der Waals surface area contributed by atoms with Crippen molar-refractivity contribution < 1.29 is 14.3 Å². The maximum Gasteiger partial charge on any atom is 0.317 e. The summed E-state index contributed by atoms with van der Waals surface area (Å²) in [6, 6.07) is 3.81. The Morgan fingerprint density at radius 1 is 1.34 bits per heavy atom. The molecule has 4 rings (SSSR count). The molecule has 1 unspecified atom stereocenters. The molecule has 2 aliphatic heterocycles. The van der Waals surface area contributed by atoms with Crippen LogP contribution < -0.4 is 11.1 Å². The Hall–Kier alpha value is -1.90. The van der Waals surface area contributed by atoms with Gasteiger partial charge in [0.25, 0.3) is 5.91 Å². The van der Waals surface area contributed by atoms with E-state index >= 15 is 0 Å². The van der Waals surface area contributed by atoms with Crippen molar-refractivity contribution in [2.24, 2.45) is 17.6 Å². The number of hydrogen-bond acceptors (Lipinski definition) is 5. The third kappa shape index (κ3) is 3.93. The molecule has 3 fully saturated rings. The van der Waals surface area contributed by atoms with Gasteiger partial charge < -0.3 is 25.6 Å². The number of likely N-dealkylation sites (tertiary alicyclic amines) is 1. The van der Waals surface area contributed by atoms with Gasteiger partial charge in [-0.1, -0.05) is 6.42 Å². The van der Waals surface area contributed by atoms with Crippen molar-refractivity contribution in [3.63, 3.8) is 0 Å². The molecule has 2 saturated heterocycles. The molecule has 3 amide bonds. The van der Waals surface area contributed by atoms with Gasteiger partial charge in [-0.15, -0.1) is 12.4 Å². The predicted octanol–water partition coefficient (Wildman–Crippen LogP) is 1.20. The van der Waals surface area contributed by atoms with Crippen molar-refractivity contribution in [1.29, 1.82) is 0 Å². The quantitative estimate of drug-likeness (QED) is 0.716. The summed E-state index contributed by atoms with van der Waals surface area (Å²) in [5, 5.41) is 2.86. The molecule has 3 atom stereocenters. The van der Waals surface area contributed by atoms with E-state index < -0.39 is 11.5 Å². The SMILES string of the molecule is COC1(c2ccnc(C(N)=O)c2)[C@@H]2CCC[C@H]1CN(CCN1CCNC1=O)C2.Cl. The van der Waals surface area contributed by atoms with Crippen LogP contribution in [0.1, 0.15) is 35.3 Å². The molecule has 8 nitrogen and oxygen atoms in total. The summed E-state index contributed by atoms with van der Waals surface area (Å²) in [5.41, 5.74) is 6.34. The van der Waals surface area contributed by atoms with Crippen molar-refractivity contribution >= 4 is 24.3 Å². The summed E-state index contributed by atoms with van der Waals surface area (Å²) in [7, 11) is 1.78. The number of nitrogens with zero attached hydrogens (tertiary/aromatic N) is 3. The smallest absolute Gasteiger partial charge is 0.317 e. The molecule has 0 radical (unpaired) electrons. The van der Waals surface area contributed by atoms with Crippen LogP contribution in [0.4, 0.5) is 4.79 Å². The highest BCUT2D eigenvalue weighted by atomic mass is 35.5. The number of amides is 3. The minimum absolute atomic E-state index is 0. The van der Waals surface area contributed by atoms with E-state index in [1.54, 1.807) is 19.4 Å². The number of ether oxygens (including phenoxy) is 1. The first-order chi connectivity index (χ1) is 13.5. The molecule has 1 aliphatic carbocycles. The third-order valence-corrected chi connectivity index (χ3v) is 6.71. The van der Waals surface area contributed by atoms with E-state index in [2.05, 4.69) is 15.2 Å². The lowest BCUT2D eigenvalue weighted by atomic mass is 9.62. The molecular formula is C20H30ClN5O3. The van der Waals surface area contributed by atoms with Gasteiger partial charge in [0.05, 0.1) is 0 Å². The lowest BCUT2D eigenvalue weighted by Crippen LogP contribution is -2.59. The van der Waals surface area contributed by atoms with E-state index in [1.165, 1.54) is 6.42 Å². The van der Waals surface area contributed by atoms with Gasteiger partial charge in [-0.05, 0) is 30.5 Å².